The van der Waals surface area contributed by atoms with E-state index in [9.17, 15) is 34.8 Å². The van der Waals surface area contributed by atoms with Crippen LogP contribution in [-0.4, -0.2) is 73.5 Å². The van der Waals surface area contributed by atoms with Crippen LogP contribution in [0.2, 0.25) is 0 Å². The normalized spacial score (nSPS) is 26.9. The third kappa shape index (κ3) is 3.65. The zero-order valence-corrected chi connectivity index (χ0v) is 21.0. The first-order valence-electron chi connectivity index (χ1n) is 12.3. The number of aromatic hydroxyl groups is 1. The molecule has 4 atom stereocenters. The first-order chi connectivity index (χ1) is 18.0. The number of carbonyl (C=O) groups excluding carboxylic acids is 3. The average molecular weight is 523 g/mol. The van der Waals surface area contributed by atoms with Crippen LogP contribution in [0.3, 0.4) is 0 Å². The van der Waals surface area contributed by atoms with Crippen molar-refractivity contribution in [2.24, 2.45) is 17.6 Å². The van der Waals surface area contributed by atoms with E-state index in [1.165, 1.54) is 11.0 Å². The summed E-state index contributed by atoms with van der Waals surface area (Å²) in [4.78, 5) is 43.7. The SMILES string of the molecule is CN(C)[C@H]1C(O)=C(C(N)=O)C(=O)[C@]2(O)C(O)=C3C(=O)c4c(O)ccc(CNCc5ccc[nH]5)c4C[C@H]3C[C@@H]12. The van der Waals surface area contributed by atoms with E-state index in [-0.39, 0.29) is 29.7 Å². The smallest absolute Gasteiger partial charge is 0.255 e. The van der Waals surface area contributed by atoms with Gasteiger partial charge in [0, 0.05) is 36.5 Å². The molecule has 0 saturated carbocycles. The maximum atomic E-state index is 13.7. The molecule has 0 fully saturated rings. The number of hydrogen-bond acceptors (Lipinski definition) is 9. The highest BCUT2D eigenvalue weighted by molar-refractivity contribution is 6.24. The third-order valence-corrected chi connectivity index (χ3v) is 8.00. The maximum absolute atomic E-state index is 13.7. The summed E-state index contributed by atoms with van der Waals surface area (Å²) in [5, 5.41) is 47.8. The number of amides is 1. The van der Waals surface area contributed by atoms with E-state index in [0.29, 0.717) is 18.7 Å². The molecule has 200 valence electrons. The molecule has 0 spiro atoms. The number of hydrogen-bond donors (Lipinski definition) is 7. The fourth-order valence-corrected chi connectivity index (χ4v) is 6.29. The summed E-state index contributed by atoms with van der Waals surface area (Å²) in [7, 11) is 3.19. The van der Waals surface area contributed by atoms with Crippen LogP contribution in [0.25, 0.3) is 0 Å². The predicted octanol–water partition coefficient (Wildman–Crippen LogP) is 0.739. The van der Waals surface area contributed by atoms with Crippen molar-refractivity contribution in [3.63, 3.8) is 0 Å². The van der Waals surface area contributed by atoms with Crippen LogP contribution in [0.4, 0.5) is 0 Å². The molecule has 1 amide bonds. The Kier molecular flexibility index (Phi) is 6.17. The Balaban J connectivity index is 1.58. The quantitative estimate of drug-likeness (QED) is 0.268. The van der Waals surface area contributed by atoms with Gasteiger partial charge >= 0.3 is 0 Å². The summed E-state index contributed by atoms with van der Waals surface area (Å²) in [5.74, 6) is -6.59. The van der Waals surface area contributed by atoms with Gasteiger partial charge in [-0.3, -0.25) is 19.3 Å². The van der Waals surface area contributed by atoms with Gasteiger partial charge in [-0.05, 0) is 62.2 Å². The highest BCUT2D eigenvalue weighted by atomic mass is 16.3. The second kappa shape index (κ2) is 9.12. The number of primary amides is 1. The van der Waals surface area contributed by atoms with Crippen molar-refractivity contribution in [3.05, 3.63) is 75.5 Å². The van der Waals surface area contributed by atoms with Crippen LogP contribution in [0.1, 0.15) is 33.6 Å². The number of aliphatic hydroxyl groups is 3. The number of fused-ring (bicyclic) bond motifs is 3. The summed E-state index contributed by atoms with van der Waals surface area (Å²) in [5.41, 5.74) is 4.11. The number of phenolic OH excluding ortho intramolecular Hbond substituents is 1. The van der Waals surface area contributed by atoms with Gasteiger partial charge in [0.15, 0.2) is 11.4 Å². The average Bonchev–Trinajstić information content (AvgIpc) is 3.36. The number of nitrogens with one attached hydrogen (secondary N) is 2. The molecule has 8 N–H and O–H groups in total. The lowest BCUT2D eigenvalue weighted by Gasteiger charge is -2.50. The number of nitrogens with two attached hydrogens (primary N) is 1. The van der Waals surface area contributed by atoms with Gasteiger partial charge in [-0.15, -0.1) is 0 Å². The number of H-pyrrole nitrogens is 1. The molecule has 38 heavy (non-hydrogen) atoms. The molecule has 0 aliphatic heterocycles. The second-order valence-electron chi connectivity index (χ2n) is 10.4. The number of likely N-dealkylation sites (N-methyl/N-ethyl adjacent to an activating group) is 1. The number of carbonyl (C=O) groups is 3. The van der Waals surface area contributed by atoms with Gasteiger partial charge in [-0.1, -0.05) is 6.07 Å². The number of allylic oxidation sites excluding steroid dienone is 1. The van der Waals surface area contributed by atoms with Crippen molar-refractivity contribution in [2.45, 2.75) is 37.6 Å². The van der Waals surface area contributed by atoms with E-state index < -0.39 is 58.0 Å². The lowest BCUT2D eigenvalue weighted by atomic mass is 9.58. The maximum Gasteiger partial charge on any atom is 0.255 e. The van der Waals surface area contributed by atoms with Crippen LogP contribution in [0.15, 0.2) is 53.1 Å². The standard InChI is InChI=1S/C27H30N4O7/c1-31(2)21-16-9-13-8-15-12(10-29-11-14-4-3-7-30-14)5-6-17(32)19(15)22(33)18(13)24(35)27(16,38)25(36)20(23(21)34)26(28)37/h3-7,13,16,21,29-30,32,34-35,38H,8-11H2,1-2H3,(H2,28,37)/t13-,16-,21+,27+/m0/s1. The minimum Gasteiger partial charge on any atom is -0.510 e. The van der Waals surface area contributed by atoms with Gasteiger partial charge < -0.3 is 36.5 Å². The lowest BCUT2D eigenvalue weighted by Crippen LogP contribution is -2.63. The summed E-state index contributed by atoms with van der Waals surface area (Å²) < 4.78 is 0. The third-order valence-electron chi connectivity index (χ3n) is 8.00. The molecular formula is C27H30N4O7. The molecule has 1 aromatic carbocycles. The van der Waals surface area contributed by atoms with E-state index >= 15 is 0 Å². The first kappa shape index (κ1) is 25.7. The zero-order valence-electron chi connectivity index (χ0n) is 21.0. The minimum absolute atomic E-state index is 0.00459. The molecule has 0 saturated heterocycles. The van der Waals surface area contributed by atoms with Crippen LogP contribution in [0, 0.1) is 11.8 Å². The molecular weight excluding hydrogens is 492 g/mol. The van der Waals surface area contributed by atoms with E-state index in [4.69, 9.17) is 5.73 Å². The van der Waals surface area contributed by atoms with Gasteiger partial charge in [0.1, 0.15) is 22.8 Å². The highest BCUT2D eigenvalue weighted by Crippen LogP contribution is 2.52. The molecule has 2 aromatic rings. The van der Waals surface area contributed by atoms with Gasteiger partial charge in [-0.2, -0.15) is 0 Å². The molecule has 3 aliphatic rings. The number of nitrogens with zero attached hydrogens (tertiary/aromatic N) is 1. The topological polar surface area (TPSA) is 189 Å². The van der Waals surface area contributed by atoms with Gasteiger partial charge in [0.2, 0.25) is 5.78 Å². The van der Waals surface area contributed by atoms with Crippen LogP contribution >= 0.6 is 0 Å². The number of aliphatic hydroxyl groups excluding tert-OH is 2. The van der Waals surface area contributed by atoms with Crippen LogP contribution in [-0.2, 0) is 29.1 Å². The Morgan fingerprint density at radius 2 is 1.92 bits per heavy atom. The predicted molar refractivity (Wildman–Crippen MR) is 135 cm³/mol. The zero-order chi connectivity index (χ0) is 27.5. The fraction of sp³-hybridized carbons (Fsp3) is 0.370. The van der Waals surface area contributed by atoms with Gasteiger partial charge in [0.25, 0.3) is 5.91 Å². The molecule has 11 heteroatoms. The number of ketones is 2. The van der Waals surface area contributed by atoms with Crippen molar-refractivity contribution < 1.29 is 34.8 Å². The Bertz CT molecular complexity index is 1410. The molecule has 0 radical (unpaired) electrons. The Hall–Kier alpha value is -3.93. The second-order valence-corrected chi connectivity index (χ2v) is 10.4. The lowest BCUT2D eigenvalue weighted by molar-refractivity contribution is -0.148. The van der Waals surface area contributed by atoms with Gasteiger partial charge in [-0.25, -0.2) is 0 Å². The first-order valence-corrected chi connectivity index (χ1v) is 12.3. The molecule has 0 bridgehead atoms. The summed E-state index contributed by atoms with van der Waals surface area (Å²) >= 11 is 0. The number of Topliss-reactive ketones (excluding diaryl/α,β-unsaturated/α-hetero) is 2. The summed E-state index contributed by atoms with van der Waals surface area (Å²) in [6.45, 7) is 0.964. The van der Waals surface area contributed by atoms with Crippen molar-refractivity contribution in [1.29, 1.82) is 0 Å². The Labute approximate surface area is 218 Å². The summed E-state index contributed by atoms with van der Waals surface area (Å²) in [6.07, 6.45) is 2.12. The number of aromatic nitrogens is 1. The van der Waals surface area contributed by atoms with E-state index in [2.05, 4.69) is 10.3 Å². The fourth-order valence-electron chi connectivity index (χ4n) is 6.29. The Morgan fingerprint density at radius 1 is 1.18 bits per heavy atom. The molecule has 11 nitrogen and oxygen atoms in total. The van der Waals surface area contributed by atoms with E-state index in [0.717, 1.165) is 11.3 Å². The highest BCUT2D eigenvalue weighted by Gasteiger charge is 2.63. The van der Waals surface area contributed by atoms with Crippen LogP contribution in [0.5, 0.6) is 5.75 Å². The van der Waals surface area contributed by atoms with E-state index in [1.807, 2.05) is 18.3 Å². The molecule has 5 rings (SSSR count). The number of phenols is 1. The summed E-state index contributed by atoms with van der Waals surface area (Å²) in [6, 6.07) is 5.94. The Morgan fingerprint density at radius 3 is 2.55 bits per heavy atom. The minimum atomic E-state index is -2.64. The van der Waals surface area contributed by atoms with Crippen molar-refractivity contribution in [1.82, 2.24) is 15.2 Å². The molecule has 1 heterocycles. The molecule has 0 unspecified atom stereocenters. The van der Waals surface area contributed by atoms with Crippen LogP contribution < -0.4 is 11.1 Å². The number of benzene rings is 1. The number of rotatable bonds is 6. The van der Waals surface area contributed by atoms with Gasteiger partial charge in [0.05, 0.1) is 11.6 Å². The molecule has 1 aromatic heterocycles. The van der Waals surface area contributed by atoms with E-state index in [1.54, 1.807) is 20.2 Å². The van der Waals surface area contributed by atoms with Crippen molar-refractivity contribution in [2.75, 3.05) is 14.1 Å². The number of aromatic amines is 1. The van der Waals surface area contributed by atoms with Crippen molar-refractivity contribution in [3.8, 4) is 5.75 Å². The monoisotopic (exact) mass is 522 g/mol. The largest absolute Gasteiger partial charge is 0.510 e. The molecule has 3 aliphatic carbocycles. The van der Waals surface area contributed by atoms with Crippen molar-refractivity contribution >= 4 is 17.5 Å².